The zero-order chi connectivity index (χ0) is 21.8. The Bertz CT molecular complexity index is 1150. The van der Waals surface area contributed by atoms with Crippen LogP contribution in [0.5, 0.6) is 0 Å². The number of hydrogen-bond donors (Lipinski definition) is 1. The lowest BCUT2D eigenvalue weighted by molar-refractivity contribution is -0.116. The molecule has 3 aromatic rings. The minimum absolute atomic E-state index is 0.150. The first kappa shape index (κ1) is 21.2. The van der Waals surface area contributed by atoms with E-state index in [9.17, 15) is 17.6 Å². The molecule has 2 aromatic carbocycles. The number of oxazole rings is 1. The highest BCUT2D eigenvalue weighted by atomic mass is 32.2. The van der Waals surface area contributed by atoms with Crippen LogP contribution in [0.15, 0.2) is 64.0 Å². The molecule has 31 heavy (non-hydrogen) atoms. The van der Waals surface area contributed by atoms with Crippen molar-refractivity contribution in [2.75, 3.05) is 18.4 Å². The number of sulfonamides is 1. The number of aryl methyl sites for hydroxylation is 1. The van der Waals surface area contributed by atoms with Gasteiger partial charge in [-0.2, -0.15) is 4.31 Å². The molecule has 9 heteroatoms. The van der Waals surface area contributed by atoms with Crippen LogP contribution in [0.1, 0.15) is 25.2 Å². The Balaban J connectivity index is 1.31. The lowest BCUT2D eigenvalue weighted by Crippen LogP contribution is -2.27. The third kappa shape index (κ3) is 5.00. The number of hydrogen-bond acceptors (Lipinski definition) is 5. The standard InChI is InChI=1S/C22H22FN3O4S/c23-17-5-3-16(4-6-17)20-15-24-22(30-20)12-11-21(27)25-18-7-9-19(10-8-18)31(28,29)26-13-1-2-14-26/h3-10,15H,1-2,11-14H2,(H,25,27). The maximum Gasteiger partial charge on any atom is 0.243 e. The minimum Gasteiger partial charge on any atom is -0.441 e. The van der Waals surface area contributed by atoms with Gasteiger partial charge in [-0.05, 0) is 61.4 Å². The smallest absolute Gasteiger partial charge is 0.243 e. The van der Waals surface area contributed by atoms with Gasteiger partial charge in [-0.3, -0.25) is 4.79 Å². The quantitative estimate of drug-likeness (QED) is 0.599. The fourth-order valence-electron chi connectivity index (χ4n) is 3.41. The molecule has 1 aromatic heterocycles. The number of rotatable bonds is 7. The van der Waals surface area contributed by atoms with E-state index >= 15 is 0 Å². The molecule has 1 fully saturated rings. The minimum atomic E-state index is -3.47. The van der Waals surface area contributed by atoms with Crippen molar-refractivity contribution in [3.63, 3.8) is 0 Å². The van der Waals surface area contributed by atoms with Crippen molar-refractivity contribution < 1.29 is 22.0 Å². The molecule has 0 radical (unpaired) electrons. The van der Waals surface area contributed by atoms with E-state index in [4.69, 9.17) is 4.42 Å². The molecule has 162 valence electrons. The van der Waals surface area contributed by atoms with E-state index in [2.05, 4.69) is 10.3 Å². The Hall–Kier alpha value is -3.04. The summed E-state index contributed by atoms with van der Waals surface area (Å²) in [5.74, 6) is 0.338. The van der Waals surface area contributed by atoms with E-state index in [0.29, 0.717) is 42.4 Å². The van der Waals surface area contributed by atoms with Gasteiger partial charge in [-0.1, -0.05) is 0 Å². The van der Waals surface area contributed by atoms with E-state index in [0.717, 1.165) is 12.8 Å². The van der Waals surface area contributed by atoms with Crippen molar-refractivity contribution in [3.05, 3.63) is 66.4 Å². The average molecular weight is 444 g/mol. The first-order valence-corrected chi connectivity index (χ1v) is 11.5. The highest BCUT2D eigenvalue weighted by Gasteiger charge is 2.26. The Morgan fingerprint density at radius 1 is 1.06 bits per heavy atom. The van der Waals surface area contributed by atoms with E-state index < -0.39 is 10.0 Å². The third-order valence-electron chi connectivity index (χ3n) is 5.09. The number of carbonyl (C=O) groups excluding carboxylic acids is 1. The van der Waals surface area contributed by atoms with Gasteiger partial charge in [0.2, 0.25) is 15.9 Å². The number of anilines is 1. The van der Waals surface area contributed by atoms with Crippen LogP contribution in [0.25, 0.3) is 11.3 Å². The van der Waals surface area contributed by atoms with Gasteiger partial charge in [0.05, 0.1) is 11.1 Å². The zero-order valence-corrected chi connectivity index (χ0v) is 17.6. The number of carbonyl (C=O) groups is 1. The molecule has 0 unspecified atom stereocenters. The first-order chi connectivity index (χ1) is 14.9. The first-order valence-electron chi connectivity index (χ1n) is 10.0. The summed E-state index contributed by atoms with van der Waals surface area (Å²) in [4.78, 5) is 16.6. The lowest BCUT2D eigenvalue weighted by atomic mass is 10.2. The zero-order valence-electron chi connectivity index (χ0n) is 16.8. The van der Waals surface area contributed by atoms with Crippen LogP contribution in [-0.4, -0.2) is 36.7 Å². The van der Waals surface area contributed by atoms with Crippen molar-refractivity contribution >= 4 is 21.6 Å². The topological polar surface area (TPSA) is 92.5 Å². The Kier molecular flexibility index (Phi) is 6.15. The summed E-state index contributed by atoms with van der Waals surface area (Å²) in [5, 5.41) is 2.75. The number of nitrogens with zero attached hydrogens (tertiary/aromatic N) is 2. The fraction of sp³-hybridized carbons (Fsp3) is 0.273. The summed E-state index contributed by atoms with van der Waals surface area (Å²) in [7, 11) is -3.47. The van der Waals surface area contributed by atoms with Crippen LogP contribution >= 0.6 is 0 Å². The number of aromatic nitrogens is 1. The molecule has 0 aliphatic carbocycles. The molecule has 0 atom stereocenters. The van der Waals surface area contributed by atoms with Crippen LogP contribution in [-0.2, 0) is 21.2 Å². The predicted octanol–water partition coefficient (Wildman–Crippen LogP) is 3.84. The molecule has 1 amide bonds. The number of amides is 1. The van der Waals surface area contributed by atoms with E-state index in [-0.39, 0.29) is 23.0 Å². The third-order valence-corrected chi connectivity index (χ3v) is 7.00. The van der Waals surface area contributed by atoms with Gasteiger partial charge in [0.15, 0.2) is 11.7 Å². The van der Waals surface area contributed by atoms with Crippen LogP contribution < -0.4 is 5.32 Å². The second kappa shape index (κ2) is 8.99. The number of benzene rings is 2. The Morgan fingerprint density at radius 2 is 1.74 bits per heavy atom. The summed E-state index contributed by atoms with van der Waals surface area (Å²) in [6.07, 6.45) is 3.75. The van der Waals surface area contributed by atoms with Gasteiger partial charge in [-0.25, -0.2) is 17.8 Å². The van der Waals surface area contributed by atoms with Gasteiger partial charge < -0.3 is 9.73 Å². The predicted molar refractivity (Wildman–Crippen MR) is 113 cm³/mol. The Labute approximate surface area is 180 Å². The summed E-state index contributed by atoms with van der Waals surface area (Å²) in [6, 6.07) is 12.1. The monoisotopic (exact) mass is 443 g/mol. The van der Waals surface area contributed by atoms with Crippen LogP contribution in [0.2, 0.25) is 0 Å². The van der Waals surface area contributed by atoms with Crippen molar-refractivity contribution in [2.45, 2.75) is 30.6 Å². The maximum atomic E-state index is 13.0. The molecule has 0 spiro atoms. The summed E-state index contributed by atoms with van der Waals surface area (Å²) < 4.78 is 45.2. The van der Waals surface area contributed by atoms with Gasteiger partial charge in [0, 0.05) is 37.2 Å². The summed E-state index contributed by atoms with van der Waals surface area (Å²) in [6.45, 7) is 1.09. The van der Waals surface area contributed by atoms with Crippen molar-refractivity contribution in [2.24, 2.45) is 0 Å². The molecule has 0 bridgehead atoms. The fourth-order valence-corrected chi connectivity index (χ4v) is 4.92. The number of halogens is 1. The molecule has 2 heterocycles. The number of nitrogens with one attached hydrogen (secondary N) is 1. The second-order valence-electron chi connectivity index (χ2n) is 7.31. The van der Waals surface area contributed by atoms with Crippen LogP contribution in [0.3, 0.4) is 0 Å². The van der Waals surface area contributed by atoms with Gasteiger partial charge in [0.25, 0.3) is 0 Å². The van der Waals surface area contributed by atoms with E-state index in [1.807, 2.05) is 0 Å². The van der Waals surface area contributed by atoms with Gasteiger partial charge in [-0.15, -0.1) is 0 Å². The average Bonchev–Trinajstić information content (AvgIpc) is 3.46. The van der Waals surface area contributed by atoms with E-state index in [1.165, 1.54) is 28.6 Å². The van der Waals surface area contributed by atoms with Crippen molar-refractivity contribution in [1.29, 1.82) is 0 Å². The van der Waals surface area contributed by atoms with Gasteiger partial charge >= 0.3 is 0 Å². The summed E-state index contributed by atoms with van der Waals surface area (Å²) >= 11 is 0. The highest BCUT2D eigenvalue weighted by molar-refractivity contribution is 7.89. The summed E-state index contributed by atoms with van der Waals surface area (Å²) in [5.41, 5.74) is 1.22. The lowest BCUT2D eigenvalue weighted by Gasteiger charge is -2.15. The molecule has 4 rings (SSSR count). The molecule has 1 aliphatic rings. The molecule has 0 saturated carbocycles. The van der Waals surface area contributed by atoms with Crippen LogP contribution in [0, 0.1) is 5.82 Å². The molecular weight excluding hydrogens is 421 g/mol. The van der Waals surface area contributed by atoms with Crippen molar-refractivity contribution in [3.8, 4) is 11.3 Å². The Morgan fingerprint density at radius 3 is 2.42 bits per heavy atom. The maximum absolute atomic E-state index is 13.0. The van der Waals surface area contributed by atoms with E-state index in [1.54, 1.807) is 30.5 Å². The molecule has 1 saturated heterocycles. The molecule has 1 aliphatic heterocycles. The molecule has 7 nitrogen and oxygen atoms in total. The second-order valence-corrected chi connectivity index (χ2v) is 9.25. The largest absolute Gasteiger partial charge is 0.441 e. The molecular formula is C22H22FN3O4S. The highest BCUT2D eigenvalue weighted by Crippen LogP contribution is 2.23. The SMILES string of the molecule is O=C(CCc1ncc(-c2ccc(F)cc2)o1)Nc1ccc(S(=O)(=O)N2CCCC2)cc1. The van der Waals surface area contributed by atoms with Gasteiger partial charge in [0.1, 0.15) is 5.82 Å². The van der Waals surface area contributed by atoms with Crippen LogP contribution in [0.4, 0.5) is 10.1 Å². The normalized spacial score (nSPS) is 14.6. The molecule has 1 N–H and O–H groups in total. The van der Waals surface area contributed by atoms with Crippen molar-refractivity contribution in [1.82, 2.24) is 9.29 Å².